The standard InChI is InChI=1S/C32H33N4S4/c1-4-37-31(33-2)15-13-25-23-35(29-11-7-5-9-27(25)29)18-21-39-40-22-19-36-24-26(28-10-6-8-12-30(28)36)14-16-32-34(3)17-20-38-32/h4-17,20,23-24H,1,18-19,21-22H2,2-3H3/q+1/p+1/b15-13+,33-31?. The highest BCUT2D eigenvalue weighted by molar-refractivity contribution is 8.76. The zero-order chi connectivity index (χ0) is 27.7. The van der Waals surface area contributed by atoms with E-state index in [-0.39, 0.29) is 0 Å². The van der Waals surface area contributed by atoms with Gasteiger partial charge in [0.25, 0.3) is 5.01 Å². The van der Waals surface area contributed by atoms with E-state index in [1.54, 1.807) is 23.1 Å². The molecule has 0 unspecified atom stereocenters. The van der Waals surface area contributed by atoms with Crippen molar-refractivity contribution in [3.05, 3.63) is 107 Å². The van der Waals surface area contributed by atoms with E-state index in [2.05, 4.69) is 129 Å². The van der Waals surface area contributed by atoms with E-state index in [4.69, 9.17) is 0 Å². The van der Waals surface area contributed by atoms with Crippen LogP contribution in [0.1, 0.15) is 16.1 Å². The molecule has 5 rings (SSSR count). The summed E-state index contributed by atoms with van der Waals surface area (Å²) in [5.41, 5.74) is 5.09. The Kier molecular flexibility index (Phi) is 10.1. The molecule has 0 radical (unpaired) electrons. The molecule has 0 fully saturated rings. The number of rotatable bonds is 12. The maximum Gasteiger partial charge on any atom is 0.261 e. The molecule has 0 aliphatic heterocycles. The molecule has 0 bridgehead atoms. The minimum absolute atomic E-state index is 0.984. The van der Waals surface area contributed by atoms with Crippen molar-refractivity contribution in [2.75, 3.05) is 18.6 Å². The van der Waals surface area contributed by atoms with Gasteiger partial charge in [-0.3, -0.25) is 0 Å². The summed E-state index contributed by atoms with van der Waals surface area (Å²) in [6.45, 7) is 5.80. The summed E-state index contributed by atoms with van der Waals surface area (Å²) in [6, 6.07) is 17.4. The fourth-order valence-corrected chi connectivity index (χ4v) is 7.81. The zero-order valence-corrected chi connectivity index (χ0v) is 26.1. The predicted octanol–water partition coefficient (Wildman–Crippen LogP) is 6.73. The van der Waals surface area contributed by atoms with Gasteiger partial charge in [0.05, 0.1) is 5.38 Å². The van der Waals surface area contributed by atoms with Crippen LogP contribution in [0.5, 0.6) is 0 Å². The van der Waals surface area contributed by atoms with Gasteiger partial charge in [-0.05, 0) is 41.5 Å². The molecule has 0 aliphatic carbocycles. The van der Waals surface area contributed by atoms with Crippen LogP contribution in [0.3, 0.4) is 0 Å². The minimum atomic E-state index is 0.984. The van der Waals surface area contributed by atoms with Crippen molar-refractivity contribution in [1.29, 1.82) is 0 Å². The number of benzene rings is 2. The van der Waals surface area contributed by atoms with E-state index in [1.807, 2.05) is 34.0 Å². The Hall–Kier alpha value is -2.91. The van der Waals surface area contributed by atoms with Gasteiger partial charge in [0, 0.05) is 82.1 Å². The van der Waals surface area contributed by atoms with E-state index in [9.17, 15) is 0 Å². The maximum absolute atomic E-state index is 3.82. The predicted molar refractivity (Wildman–Crippen MR) is 182 cm³/mol. The first-order chi connectivity index (χ1) is 19.7. The molecule has 4 nitrogen and oxygen atoms in total. The Labute approximate surface area is 252 Å². The molecule has 3 aromatic heterocycles. The summed E-state index contributed by atoms with van der Waals surface area (Å²) in [4.78, 5) is 3.22. The molecule has 0 aliphatic rings. The number of aryl methyl sites for hydroxylation is 3. The highest BCUT2D eigenvalue weighted by atomic mass is 33.1. The Morgan fingerprint density at radius 2 is 1.50 bits per heavy atom. The monoisotopic (exact) mass is 602 g/mol. The van der Waals surface area contributed by atoms with Gasteiger partial charge >= 0.3 is 0 Å². The van der Waals surface area contributed by atoms with Crippen molar-refractivity contribution in [3.8, 4) is 0 Å². The molecular weight excluding hydrogens is 569 g/mol. The average molecular weight is 603 g/mol. The molecular formula is C32H34N4S4+2. The van der Waals surface area contributed by atoms with Crippen LogP contribution in [0.15, 0.2) is 90.6 Å². The molecule has 0 atom stereocenters. The van der Waals surface area contributed by atoms with E-state index in [1.165, 1.54) is 37.9 Å². The fourth-order valence-electron chi connectivity index (χ4n) is 4.68. The fraction of sp³-hybridized carbons (Fsp3) is 0.188. The van der Waals surface area contributed by atoms with Gasteiger partial charge in [0.1, 0.15) is 14.1 Å². The number of fused-ring (bicyclic) bond motifs is 2. The van der Waals surface area contributed by atoms with Gasteiger partial charge in [-0.2, -0.15) is 4.57 Å². The van der Waals surface area contributed by atoms with E-state index >= 15 is 0 Å². The summed E-state index contributed by atoms with van der Waals surface area (Å²) >= 11 is 3.36. The molecule has 2 aromatic carbocycles. The zero-order valence-electron chi connectivity index (χ0n) is 22.8. The molecule has 0 saturated heterocycles. The minimum Gasteiger partial charge on any atom is -0.346 e. The van der Waals surface area contributed by atoms with Crippen LogP contribution in [0, 0.1) is 0 Å². The van der Waals surface area contributed by atoms with Gasteiger partial charge in [0.2, 0.25) is 5.04 Å². The van der Waals surface area contributed by atoms with Crippen LogP contribution in [0.2, 0.25) is 0 Å². The first-order valence-electron chi connectivity index (χ1n) is 13.2. The van der Waals surface area contributed by atoms with Crippen LogP contribution in [-0.2, 0) is 20.1 Å². The van der Waals surface area contributed by atoms with Crippen LogP contribution in [0.25, 0.3) is 40.0 Å². The van der Waals surface area contributed by atoms with Gasteiger partial charge in [0.15, 0.2) is 6.20 Å². The van der Waals surface area contributed by atoms with Gasteiger partial charge < -0.3 is 9.13 Å². The third-order valence-electron chi connectivity index (χ3n) is 6.65. The summed E-state index contributed by atoms with van der Waals surface area (Å²) in [7, 11) is 7.94. The summed E-state index contributed by atoms with van der Waals surface area (Å²) < 4.78 is 6.94. The third-order valence-corrected chi connectivity index (χ3v) is 10.7. The topological polar surface area (TPSA) is 27.7 Å². The van der Waals surface area contributed by atoms with Crippen molar-refractivity contribution in [2.24, 2.45) is 7.05 Å². The lowest BCUT2D eigenvalue weighted by Gasteiger charge is -2.06. The number of para-hydroxylation sites is 2. The van der Waals surface area contributed by atoms with Crippen LogP contribution >= 0.6 is 44.7 Å². The molecule has 3 heterocycles. The Morgan fingerprint density at radius 3 is 2.05 bits per heavy atom. The number of aromatic nitrogens is 3. The third kappa shape index (κ3) is 6.86. The number of thiazole rings is 1. The summed E-state index contributed by atoms with van der Waals surface area (Å²) in [6.07, 6.45) is 15.4. The van der Waals surface area contributed by atoms with Crippen molar-refractivity contribution in [3.63, 3.8) is 0 Å². The molecule has 0 saturated carbocycles. The molecule has 0 spiro atoms. The van der Waals surface area contributed by atoms with Gasteiger partial charge in [-0.15, -0.1) is 0 Å². The lowest BCUT2D eigenvalue weighted by atomic mass is 10.1. The lowest BCUT2D eigenvalue weighted by Crippen LogP contribution is -2.66. The molecule has 40 heavy (non-hydrogen) atoms. The molecule has 204 valence electrons. The molecule has 1 N–H and O–H groups in total. The molecule has 5 aromatic rings. The highest BCUT2D eigenvalue weighted by Crippen LogP contribution is 2.28. The van der Waals surface area contributed by atoms with Crippen molar-refractivity contribution in [2.45, 2.75) is 13.1 Å². The number of nitrogens with zero attached hydrogens (tertiary/aromatic N) is 3. The highest BCUT2D eigenvalue weighted by Gasteiger charge is 2.09. The van der Waals surface area contributed by atoms with Crippen LogP contribution in [-0.4, -0.2) is 32.7 Å². The quantitative estimate of drug-likeness (QED) is 0.0564. The smallest absolute Gasteiger partial charge is 0.261 e. The summed E-state index contributed by atoms with van der Waals surface area (Å²) in [5, 5.41) is 8.88. The molecule has 8 heteroatoms. The normalized spacial score (nSPS) is 12.5. The van der Waals surface area contributed by atoms with Crippen molar-refractivity contribution >= 4 is 89.8 Å². The van der Waals surface area contributed by atoms with E-state index < -0.39 is 0 Å². The molecule has 0 amide bonds. The first kappa shape index (κ1) is 28.6. The number of nitrogens with one attached hydrogen (secondary N) is 1. The number of hydrogen-bond acceptors (Lipinski definition) is 4. The average Bonchev–Trinajstić information content (AvgIpc) is 3.67. The first-order valence-corrected chi connectivity index (χ1v) is 17.4. The van der Waals surface area contributed by atoms with Crippen molar-refractivity contribution in [1.82, 2.24) is 9.13 Å². The Balaban J connectivity index is 1.17. The Bertz CT molecular complexity index is 1690. The second-order valence-corrected chi connectivity index (χ2v) is 13.8. The van der Waals surface area contributed by atoms with Crippen LogP contribution in [0.4, 0.5) is 0 Å². The van der Waals surface area contributed by atoms with Crippen molar-refractivity contribution < 1.29 is 9.56 Å². The lowest BCUT2D eigenvalue weighted by molar-refractivity contribution is -0.668. The summed E-state index contributed by atoms with van der Waals surface area (Å²) in [5.74, 6) is 2.13. The second kappa shape index (κ2) is 14.1. The second-order valence-electron chi connectivity index (χ2n) is 9.15. The number of thioether (sulfide) groups is 1. The van der Waals surface area contributed by atoms with E-state index in [0.717, 1.165) is 29.6 Å². The SMILES string of the molecule is C=CSC(/C=C/c1cn(CCSSCCn2cc(/C=C/c3scc[n+]3C)c3ccccc32)c2ccccc12)=[NH+]C. The van der Waals surface area contributed by atoms with E-state index in [0.29, 0.717) is 0 Å². The number of hydrogen-bond donors (Lipinski definition) is 1. The Morgan fingerprint density at radius 1 is 0.900 bits per heavy atom. The maximum atomic E-state index is 3.82. The van der Waals surface area contributed by atoms with Gasteiger partial charge in [-0.25, -0.2) is 4.99 Å². The largest absolute Gasteiger partial charge is 0.346 e. The van der Waals surface area contributed by atoms with Crippen LogP contribution < -0.4 is 9.56 Å². The van der Waals surface area contributed by atoms with Gasteiger partial charge in [-0.1, -0.05) is 75.9 Å².